The van der Waals surface area contributed by atoms with Gasteiger partial charge < -0.3 is 9.64 Å². The number of rotatable bonds is 6. The molecule has 0 saturated heterocycles. The van der Waals surface area contributed by atoms with Crippen LogP contribution in [0.25, 0.3) is 0 Å². The van der Waals surface area contributed by atoms with Gasteiger partial charge in [-0.1, -0.05) is 18.7 Å². The van der Waals surface area contributed by atoms with E-state index in [1.807, 2.05) is 0 Å². The second kappa shape index (κ2) is 7.21. The standard InChI is InChI=1S/C19H20N2O4S/c1-3-11-25-17-6-4-5-16(13-17)20-26(23,24)18-7-8-19-15(12-18)9-10-21(19)14(2)22/h3-8,12-13,20H,1,9-11H2,2H3. The summed E-state index contributed by atoms with van der Waals surface area (Å²) >= 11 is 0. The largest absolute Gasteiger partial charge is 0.489 e. The van der Waals surface area contributed by atoms with Crippen molar-refractivity contribution in [2.45, 2.75) is 18.2 Å². The molecule has 0 spiro atoms. The van der Waals surface area contributed by atoms with E-state index in [-0.39, 0.29) is 10.8 Å². The van der Waals surface area contributed by atoms with E-state index in [1.165, 1.54) is 13.0 Å². The van der Waals surface area contributed by atoms with Crippen LogP contribution in [0.2, 0.25) is 0 Å². The Kier molecular flexibility index (Phi) is 4.99. The second-order valence-electron chi connectivity index (χ2n) is 5.94. The first-order chi connectivity index (χ1) is 12.4. The van der Waals surface area contributed by atoms with Gasteiger partial charge in [-0.3, -0.25) is 9.52 Å². The number of hydrogen-bond donors (Lipinski definition) is 1. The van der Waals surface area contributed by atoms with E-state index in [1.54, 1.807) is 47.4 Å². The highest BCUT2D eigenvalue weighted by Gasteiger charge is 2.24. The number of nitrogens with one attached hydrogen (secondary N) is 1. The van der Waals surface area contributed by atoms with Gasteiger partial charge in [-0.15, -0.1) is 0 Å². The Morgan fingerprint density at radius 1 is 1.31 bits per heavy atom. The van der Waals surface area contributed by atoms with Crippen molar-refractivity contribution >= 4 is 27.3 Å². The number of carbonyl (C=O) groups excluding carboxylic acids is 1. The van der Waals surface area contributed by atoms with Crippen LogP contribution >= 0.6 is 0 Å². The lowest BCUT2D eigenvalue weighted by molar-refractivity contribution is -0.116. The SMILES string of the molecule is C=CCOc1cccc(NS(=O)(=O)c2ccc3c(c2)CCN3C(C)=O)c1. The van der Waals surface area contributed by atoms with Crippen LogP contribution in [0.15, 0.2) is 60.0 Å². The van der Waals surface area contributed by atoms with Crippen molar-refractivity contribution in [1.29, 1.82) is 0 Å². The molecule has 0 unspecified atom stereocenters. The number of anilines is 2. The van der Waals surface area contributed by atoms with Gasteiger partial charge in [0.2, 0.25) is 5.91 Å². The van der Waals surface area contributed by atoms with E-state index in [4.69, 9.17) is 4.74 Å². The van der Waals surface area contributed by atoms with Crippen LogP contribution in [0.4, 0.5) is 11.4 Å². The van der Waals surface area contributed by atoms with Crippen LogP contribution in [0.1, 0.15) is 12.5 Å². The highest BCUT2D eigenvalue weighted by molar-refractivity contribution is 7.92. The summed E-state index contributed by atoms with van der Waals surface area (Å²) in [6, 6.07) is 11.5. The number of sulfonamides is 1. The van der Waals surface area contributed by atoms with Crippen LogP contribution in [-0.2, 0) is 21.2 Å². The zero-order valence-corrected chi connectivity index (χ0v) is 15.3. The molecule has 1 aliphatic heterocycles. The molecule has 0 atom stereocenters. The smallest absolute Gasteiger partial charge is 0.261 e. The molecule has 0 aliphatic carbocycles. The minimum absolute atomic E-state index is 0.0474. The molecule has 0 radical (unpaired) electrons. The predicted molar refractivity (Wildman–Crippen MR) is 101 cm³/mol. The zero-order valence-electron chi connectivity index (χ0n) is 14.4. The number of fused-ring (bicyclic) bond motifs is 1. The van der Waals surface area contributed by atoms with Crippen molar-refractivity contribution < 1.29 is 17.9 Å². The lowest BCUT2D eigenvalue weighted by Crippen LogP contribution is -2.25. The van der Waals surface area contributed by atoms with Gasteiger partial charge in [-0.2, -0.15) is 0 Å². The first kappa shape index (κ1) is 18.0. The Morgan fingerprint density at radius 3 is 2.85 bits per heavy atom. The summed E-state index contributed by atoms with van der Waals surface area (Å²) in [5.41, 5.74) is 2.04. The molecular formula is C19H20N2O4S. The molecule has 7 heteroatoms. The van der Waals surface area contributed by atoms with E-state index >= 15 is 0 Å². The second-order valence-corrected chi connectivity index (χ2v) is 7.63. The number of ether oxygens (including phenoxy) is 1. The lowest BCUT2D eigenvalue weighted by atomic mass is 10.2. The van der Waals surface area contributed by atoms with E-state index in [0.717, 1.165) is 11.3 Å². The van der Waals surface area contributed by atoms with Gasteiger partial charge in [0.15, 0.2) is 0 Å². The van der Waals surface area contributed by atoms with Crippen LogP contribution in [0.3, 0.4) is 0 Å². The molecule has 0 saturated carbocycles. The molecule has 2 aromatic carbocycles. The number of nitrogens with zero attached hydrogens (tertiary/aromatic N) is 1. The highest BCUT2D eigenvalue weighted by atomic mass is 32.2. The molecule has 2 aromatic rings. The third-order valence-corrected chi connectivity index (χ3v) is 5.47. The Balaban J connectivity index is 1.83. The number of amides is 1. The number of benzene rings is 2. The van der Waals surface area contributed by atoms with Crippen LogP contribution in [-0.4, -0.2) is 27.5 Å². The van der Waals surface area contributed by atoms with Gasteiger partial charge >= 0.3 is 0 Å². The fourth-order valence-electron chi connectivity index (χ4n) is 2.89. The van der Waals surface area contributed by atoms with E-state index in [9.17, 15) is 13.2 Å². The molecule has 0 bridgehead atoms. The predicted octanol–water partition coefficient (Wildman–Crippen LogP) is 2.96. The Morgan fingerprint density at radius 2 is 2.12 bits per heavy atom. The highest BCUT2D eigenvalue weighted by Crippen LogP contribution is 2.31. The fourth-order valence-corrected chi connectivity index (χ4v) is 3.99. The summed E-state index contributed by atoms with van der Waals surface area (Å²) in [7, 11) is -3.74. The number of hydrogen-bond acceptors (Lipinski definition) is 4. The first-order valence-corrected chi connectivity index (χ1v) is 9.66. The summed E-state index contributed by atoms with van der Waals surface area (Å²) in [5, 5.41) is 0. The fraction of sp³-hybridized carbons (Fsp3) is 0.211. The van der Waals surface area contributed by atoms with Crippen molar-refractivity contribution in [2.75, 3.05) is 22.8 Å². The summed E-state index contributed by atoms with van der Waals surface area (Å²) in [5.74, 6) is 0.505. The minimum atomic E-state index is -3.74. The average Bonchev–Trinajstić information content (AvgIpc) is 3.03. The molecule has 1 heterocycles. The lowest BCUT2D eigenvalue weighted by Gasteiger charge is -2.15. The molecule has 136 valence electrons. The molecule has 1 N–H and O–H groups in total. The zero-order chi connectivity index (χ0) is 18.7. The van der Waals surface area contributed by atoms with Crippen molar-refractivity contribution in [1.82, 2.24) is 0 Å². The summed E-state index contributed by atoms with van der Waals surface area (Å²) in [6.07, 6.45) is 2.26. The Bertz CT molecular complexity index is 954. The van der Waals surface area contributed by atoms with Gasteiger partial charge in [0.25, 0.3) is 10.0 Å². The Hall–Kier alpha value is -2.80. The van der Waals surface area contributed by atoms with Crippen LogP contribution in [0.5, 0.6) is 5.75 Å². The first-order valence-electron chi connectivity index (χ1n) is 8.18. The van der Waals surface area contributed by atoms with Crippen molar-refractivity contribution in [2.24, 2.45) is 0 Å². The van der Waals surface area contributed by atoms with E-state index in [0.29, 0.717) is 31.0 Å². The van der Waals surface area contributed by atoms with Gasteiger partial charge in [-0.25, -0.2) is 8.42 Å². The summed E-state index contributed by atoms with van der Waals surface area (Å²) in [6.45, 7) is 6.00. The van der Waals surface area contributed by atoms with Crippen LogP contribution in [0, 0.1) is 0 Å². The number of carbonyl (C=O) groups is 1. The molecular weight excluding hydrogens is 352 g/mol. The minimum Gasteiger partial charge on any atom is -0.489 e. The molecule has 1 amide bonds. The molecule has 6 nitrogen and oxygen atoms in total. The quantitative estimate of drug-likeness (QED) is 0.791. The maximum Gasteiger partial charge on any atom is 0.261 e. The Labute approximate surface area is 153 Å². The average molecular weight is 372 g/mol. The van der Waals surface area contributed by atoms with Gasteiger partial charge in [-0.05, 0) is 42.3 Å². The summed E-state index contributed by atoms with van der Waals surface area (Å²) < 4.78 is 33.4. The van der Waals surface area contributed by atoms with Gasteiger partial charge in [0.05, 0.1) is 10.6 Å². The molecule has 0 fully saturated rings. The normalized spacial score (nSPS) is 13.2. The molecule has 3 rings (SSSR count). The van der Waals surface area contributed by atoms with Gasteiger partial charge in [0, 0.05) is 25.2 Å². The van der Waals surface area contributed by atoms with Crippen molar-refractivity contribution in [3.8, 4) is 5.75 Å². The third kappa shape index (κ3) is 3.72. The van der Waals surface area contributed by atoms with Crippen LogP contribution < -0.4 is 14.4 Å². The van der Waals surface area contributed by atoms with Gasteiger partial charge in [0.1, 0.15) is 12.4 Å². The summed E-state index contributed by atoms with van der Waals surface area (Å²) in [4.78, 5) is 13.4. The molecule has 0 aromatic heterocycles. The molecule has 1 aliphatic rings. The topological polar surface area (TPSA) is 75.7 Å². The van der Waals surface area contributed by atoms with Crippen molar-refractivity contribution in [3.05, 3.63) is 60.7 Å². The monoisotopic (exact) mass is 372 g/mol. The van der Waals surface area contributed by atoms with E-state index in [2.05, 4.69) is 11.3 Å². The molecule has 26 heavy (non-hydrogen) atoms. The third-order valence-electron chi connectivity index (χ3n) is 4.09. The maximum absolute atomic E-state index is 12.7. The maximum atomic E-state index is 12.7. The van der Waals surface area contributed by atoms with Crippen molar-refractivity contribution in [3.63, 3.8) is 0 Å². The van der Waals surface area contributed by atoms with E-state index < -0.39 is 10.0 Å².